The van der Waals surface area contributed by atoms with Gasteiger partial charge in [0.2, 0.25) is 5.01 Å². The van der Waals surface area contributed by atoms with Crippen molar-refractivity contribution in [1.29, 1.82) is 0 Å². The first-order chi connectivity index (χ1) is 14.6. The fraction of sp³-hybridized carbons (Fsp3) is 0.238. The van der Waals surface area contributed by atoms with E-state index in [1.165, 1.54) is 11.3 Å². The summed E-state index contributed by atoms with van der Waals surface area (Å²) in [6.07, 6.45) is 1.77. The summed E-state index contributed by atoms with van der Waals surface area (Å²) in [5.74, 6) is -0.219. The smallest absolute Gasteiger partial charge is 0.321 e. The summed E-state index contributed by atoms with van der Waals surface area (Å²) in [4.78, 5) is 26.8. The summed E-state index contributed by atoms with van der Waals surface area (Å²) in [7, 11) is 0. The number of urea groups is 1. The van der Waals surface area contributed by atoms with Gasteiger partial charge >= 0.3 is 6.03 Å². The number of anilines is 2. The highest BCUT2D eigenvalue weighted by Crippen LogP contribution is 2.29. The normalized spacial score (nSPS) is 16.2. The van der Waals surface area contributed by atoms with Crippen molar-refractivity contribution < 1.29 is 9.59 Å². The monoisotopic (exact) mass is 441 g/mol. The molecule has 0 saturated carbocycles. The lowest BCUT2D eigenvalue weighted by molar-refractivity contribution is 0.102. The third-order valence-electron chi connectivity index (χ3n) is 4.82. The summed E-state index contributed by atoms with van der Waals surface area (Å²) in [6.45, 7) is 1.21. The molecule has 2 heterocycles. The van der Waals surface area contributed by atoms with E-state index in [0.29, 0.717) is 34.5 Å². The molecule has 30 heavy (non-hydrogen) atoms. The number of hydrogen-bond acceptors (Lipinski definition) is 5. The Kier molecular flexibility index (Phi) is 6.25. The van der Waals surface area contributed by atoms with E-state index in [1.807, 2.05) is 30.3 Å². The lowest BCUT2D eigenvalue weighted by Crippen LogP contribution is -2.41. The number of hydrogen-bond donors (Lipinski definition) is 2. The van der Waals surface area contributed by atoms with Crippen molar-refractivity contribution in [3.05, 3.63) is 69.6 Å². The average molecular weight is 442 g/mol. The van der Waals surface area contributed by atoms with Crippen LogP contribution >= 0.6 is 22.9 Å². The highest BCUT2D eigenvalue weighted by Gasteiger charge is 2.28. The largest absolute Gasteiger partial charge is 0.324 e. The van der Waals surface area contributed by atoms with Gasteiger partial charge in [0.1, 0.15) is 5.01 Å². The van der Waals surface area contributed by atoms with Gasteiger partial charge in [-0.2, -0.15) is 0 Å². The molecular formula is C21H20ClN5O2S. The van der Waals surface area contributed by atoms with Crippen LogP contribution < -0.4 is 10.6 Å². The van der Waals surface area contributed by atoms with Gasteiger partial charge in [0.05, 0.1) is 0 Å². The van der Waals surface area contributed by atoms with Gasteiger partial charge in [-0.1, -0.05) is 41.1 Å². The molecule has 0 bridgehead atoms. The average Bonchev–Trinajstić information content (AvgIpc) is 3.27. The number of aromatic nitrogens is 2. The van der Waals surface area contributed by atoms with Gasteiger partial charge in [-0.05, 0) is 49.2 Å². The summed E-state index contributed by atoms with van der Waals surface area (Å²) < 4.78 is 0. The van der Waals surface area contributed by atoms with Crippen molar-refractivity contribution in [3.63, 3.8) is 0 Å². The van der Waals surface area contributed by atoms with Gasteiger partial charge in [-0.3, -0.25) is 4.79 Å². The van der Waals surface area contributed by atoms with Crippen LogP contribution in [0.2, 0.25) is 5.02 Å². The molecule has 0 radical (unpaired) electrons. The van der Waals surface area contributed by atoms with Crippen LogP contribution in [-0.2, 0) is 0 Å². The molecule has 3 aromatic rings. The molecule has 4 rings (SSSR count). The minimum atomic E-state index is -0.280. The molecule has 3 amide bonds. The number of piperidine rings is 1. The molecule has 0 aliphatic carbocycles. The van der Waals surface area contributed by atoms with E-state index in [1.54, 1.807) is 29.2 Å². The van der Waals surface area contributed by atoms with E-state index in [2.05, 4.69) is 20.8 Å². The van der Waals surface area contributed by atoms with Crippen LogP contribution in [0.3, 0.4) is 0 Å². The Bertz CT molecular complexity index is 1030. The molecule has 1 saturated heterocycles. The standard InChI is InChI=1S/C21H20ClN5O2S/c22-15-8-10-17(11-9-15)24-21(29)27-12-4-5-14(13-27)19-25-26-20(30-19)18(28)23-16-6-2-1-3-7-16/h1-3,6-11,14H,4-5,12-13H2,(H,23,28)(H,24,29)/t14-/m0/s1. The number of carbonyl (C=O) groups is 2. The van der Waals surface area contributed by atoms with E-state index < -0.39 is 0 Å². The number of carbonyl (C=O) groups excluding carboxylic acids is 2. The van der Waals surface area contributed by atoms with Gasteiger partial charge in [-0.15, -0.1) is 10.2 Å². The summed E-state index contributed by atoms with van der Waals surface area (Å²) in [5, 5.41) is 15.7. The van der Waals surface area contributed by atoms with E-state index in [0.717, 1.165) is 17.8 Å². The zero-order valence-corrected chi connectivity index (χ0v) is 17.6. The molecular weight excluding hydrogens is 422 g/mol. The van der Waals surface area contributed by atoms with Gasteiger partial charge in [0, 0.05) is 35.4 Å². The van der Waals surface area contributed by atoms with E-state index in [-0.39, 0.29) is 17.9 Å². The fourth-order valence-electron chi connectivity index (χ4n) is 3.30. The highest BCUT2D eigenvalue weighted by atomic mass is 35.5. The van der Waals surface area contributed by atoms with E-state index in [4.69, 9.17) is 11.6 Å². The van der Waals surface area contributed by atoms with E-state index in [9.17, 15) is 9.59 Å². The fourth-order valence-corrected chi connectivity index (χ4v) is 4.29. The van der Waals surface area contributed by atoms with Crippen molar-refractivity contribution in [2.75, 3.05) is 23.7 Å². The number of nitrogens with one attached hydrogen (secondary N) is 2. The van der Waals surface area contributed by atoms with E-state index >= 15 is 0 Å². The van der Waals surface area contributed by atoms with Crippen LogP contribution in [0.25, 0.3) is 0 Å². The molecule has 0 spiro atoms. The van der Waals surface area contributed by atoms with Gasteiger partial charge in [0.15, 0.2) is 0 Å². The first-order valence-corrected chi connectivity index (χ1v) is 10.8. The maximum atomic E-state index is 12.6. The van der Waals surface area contributed by atoms with Crippen molar-refractivity contribution in [2.24, 2.45) is 0 Å². The van der Waals surface area contributed by atoms with Crippen LogP contribution in [0.15, 0.2) is 54.6 Å². The third-order valence-corrected chi connectivity index (χ3v) is 6.16. The first-order valence-electron chi connectivity index (χ1n) is 9.60. The van der Waals surface area contributed by atoms with Crippen molar-refractivity contribution in [3.8, 4) is 0 Å². The zero-order valence-electron chi connectivity index (χ0n) is 16.0. The predicted molar refractivity (Wildman–Crippen MR) is 118 cm³/mol. The third kappa shape index (κ3) is 4.95. The lowest BCUT2D eigenvalue weighted by Gasteiger charge is -2.31. The molecule has 154 valence electrons. The van der Waals surface area contributed by atoms with Crippen molar-refractivity contribution in [2.45, 2.75) is 18.8 Å². The Hall–Kier alpha value is -2.97. The second kappa shape index (κ2) is 9.23. The maximum absolute atomic E-state index is 12.6. The van der Waals surface area contributed by atoms with Gasteiger partial charge < -0.3 is 15.5 Å². The number of para-hydroxylation sites is 1. The van der Waals surface area contributed by atoms with Crippen molar-refractivity contribution in [1.82, 2.24) is 15.1 Å². The molecule has 0 unspecified atom stereocenters. The molecule has 1 aliphatic heterocycles. The number of likely N-dealkylation sites (tertiary alicyclic amines) is 1. The van der Waals surface area contributed by atoms with Crippen LogP contribution in [0.5, 0.6) is 0 Å². The number of benzene rings is 2. The second-order valence-corrected chi connectivity index (χ2v) is 8.43. The van der Waals surface area contributed by atoms with Crippen LogP contribution in [0, 0.1) is 0 Å². The van der Waals surface area contributed by atoms with Gasteiger partial charge in [0.25, 0.3) is 5.91 Å². The Morgan fingerprint density at radius 3 is 2.50 bits per heavy atom. The molecule has 9 heteroatoms. The number of rotatable bonds is 4. The number of halogens is 1. The topological polar surface area (TPSA) is 87.2 Å². The number of nitrogens with zero attached hydrogens (tertiary/aromatic N) is 3. The minimum absolute atomic E-state index is 0.0606. The molecule has 1 atom stereocenters. The van der Waals surface area contributed by atoms with Crippen LogP contribution in [0.4, 0.5) is 16.2 Å². The SMILES string of the molecule is O=C(Nc1ccccc1)c1nnc([C@H]2CCCN(C(=O)Nc3ccc(Cl)cc3)C2)s1. The lowest BCUT2D eigenvalue weighted by atomic mass is 9.99. The van der Waals surface area contributed by atoms with Gasteiger partial charge in [-0.25, -0.2) is 4.79 Å². The summed E-state index contributed by atoms with van der Waals surface area (Å²) in [5.41, 5.74) is 1.41. The summed E-state index contributed by atoms with van der Waals surface area (Å²) in [6, 6.07) is 16.1. The first kappa shape index (κ1) is 20.3. The molecule has 1 aliphatic rings. The Morgan fingerprint density at radius 2 is 1.73 bits per heavy atom. The Balaban J connectivity index is 1.38. The van der Waals surface area contributed by atoms with Crippen LogP contribution in [0.1, 0.15) is 33.6 Å². The Labute approximate surface area is 183 Å². The second-order valence-electron chi connectivity index (χ2n) is 6.99. The molecule has 1 aromatic heterocycles. The van der Waals surface area contributed by atoms with Crippen molar-refractivity contribution >= 4 is 46.3 Å². The zero-order chi connectivity index (χ0) is 20.9. The molecule has 1 fully saturated rings. The Morgan fingerprint density at radius 1 is 1.00 bits per heavy atom. The highest BCUT2D eigenvalue weighted by molar-refractivity contribution is 7.13. The van der Waals surface area contributed by atoms with Crippen LogP contribution in [-0.4, -0.2) is 40.1 Å². The maximum Gasteiger partial charge on any atom is 0.321 e. The minimum Gasteiger partial charge on any atom is -0.324 e. The molecule has 7 nitrogen and oxygen atoms in total. The molecule has 2 N–H and O–H groups in total. The summed E-state index contributed by atoms with van der Waals surface area (Å²) >= 11 is 7.17. The number of amides is 3. The quantitative estimate of drug-likeness (QED) is 0.605. The molecule has 2 aromatic carbocycles. The predicted octanol–water partition coefficient (Wildman–Crippen LogP) is 4.86.